The van der Waals surface area contributed by atoms with E-state index in [0.717, 1.165) is 13.0 Å². The van der Waals surface area contributed by atoms with Crippen molar-refractivity contribution in [3.05, 3.63) is 35.9 Å². The second kappa shape index (κ2) is 7.17. The summed E-state index contributed by atoms with van der Waals surface area (Å²) in [5.74, 6) is -0.230. The van der Waals surface area contributed by atoms with Gasteiger partial charge in [-0.3, -0.25) is 4.79 Å². The van der Waals surface area contributed by atoms with Crippen LogP contribution >= 0.6 is 0 Å². The van der Waals surface area contributed by atoms with Gasteiger partial charge in [0, 0.05) is 12.6 Å². The first-order valence-corrected chi connectivity index (χ1v) is 6.36. The highest BCUT2D eigenvalue weighted by Gasteiger charge is 2.18. The molecule has 0 N–H and O–H groups in total. The predicted molar refractivity (Wildman–Crippen MR) is 73.4 cm³/mol. The predicted octanol–water partition coefficient (Wildman–Crippen LogP) is 2.36. The molecule has 0 aliphatic heterocycles. The fourth-order valence-corrected chi connectivity index (χ4v) is 2.00. The molecule has 0 aromatic heterocycles. The summed E-state index contributed by atoms with van der Waals surface area (Å²) in [5.41, 5.74) is 1.32. The minimum atomic E-state index is -0.145. The van der Waals surface area contributed by atoms with Crippen LogP contribution in [0.25, 0.3) is 0 Å². The molecule has 18 heavy (non-hydrogen) atoms. The number of esters is 1. The molecule has 2 atom stereocenters. The van der Waals surface area contributed by atoms with Crippen molar-refractivity contribution >= 4 is 5.97 Å². The van der Waals surface area contributed by atoms with Crippen LogP contribution in [0.2, 0.25) is 0 Å². The summed E-state index contributed by atoms with van der Waals surface area (Å²) in [6.07, 6.45) is 0.991. The Labute approximate surface area is 110 Å². The SMILES string of the molecule is COC(=O)[C@H](C)CN(C)[C@H](C)Cc1ccccc1. The van der Waals surface area contributed by atoms with Gasteiger partial charge in [-0.15, -0.1) is 0 Å². The molecule has 1 aromatic carbocycles. The molecule has 3 nitrogen and oxygen atoms in total. The van der Waals surface area contributed by atoms with Gasteiger partial charge in [0.1, 0.15) is 0 Å². The van der Waals surface area contributed by atoms with Crippen molar-refractivity contribution in [3.63, 3.8) is 0 Å². The van der Waals surface area contributed by atoms with Gasteiger partial charge in [-0.2, -0.15) is 0 Å². The van der Waals surface area contributed by atoms with E-state index in [1.165, 1.54) is 12.7 Å². The van der Waals surface area contributed by atoms with Crippen LogP contribution in [0.5, 0.6) is 0 Å². The zero-order valence-electron chi connectivity index (χ0n) is 11.7. The molecule has 0 bridgehead atoms. The Morgan fingerprint density at radius 1 is 1.28 bits per heavy atom. The molecule has 1 rings (SSSR count). The number of benzene rings is 1. The van der Waals surface area contributed by atoms with Gasteiger partial charge in [0.05, 0.1) is 13.0 Å². The Hall–Kier alpha value is -1.35. The van der Waals surface area contributed by atoms with E-state index in [1.807, 2.05) is 20.0 Å². The number of carbonyl (C=O) groups excluding carboxylic acids is 1. The molecule has 0 unspecified atom stereocenters. The van der Waals surface area contributed by atoms with Gasteiger partial charge < -0.3 is 9.64 Å². The highest BCUT2D eigenvalue weighted by Crippen LogP contribution is 2.10. The Balaban J connectivity index is 2.46. The molecule has 0 aliphatic rings. The molecule has 0 saturated heterocycles. The summed E-state index contributed by atoms with van der Waals surface area (Å²) in [4.78, 5) is 13.6. The summed E-state index contributed by atoms with van der Waals surface area (Å²) in [6, 6.07) is 10.8. The average molecular weight is 249 g/mol. The molecule has 0 heterocycles. The number of hydrogen-bond donors (Lipinski definition) is 0. The highest BCUT2D eigenvalue weighted by atomic mass is 16.5. The maximum absolute atomic E-state index is 11.4. The van der Waals surface area contributed by atoms with E-state index < -0.39 is 0 Å². The quantitative estimate of drug-likeness (QED) is 0.725. The largest absolute Gasteiger partial charge is 0.469 e. The van der Waals surface area contributed by atoms with Crippen LogP contribution < -0.4 is 0 Å². The fourth-order valence-electron chi connectivity index (χ4n) is 2.00. The lowest BCUT2D eigenvalue weighted by molar-refractivity contribution is -0.145. The van der Waals surface area contributed by atoms with Crippen molar-refractivity contribution in [3.8, 4) is 0 Å². The van der Waals surface area contributed by atoms with E-state index in [2.05, 4.69) is 36.1 Å². The van der Waals surface area contributed by atoms with Crippen LogP contribution in [-0.2, 0) is 16.0 Å². The number of carbonyl (C=O) groups is 1. The Morgan fingerprint density at radius 3 is 2.44 bits per heavy atom. The summed E-state index contributed by atoms with van der Waals surface area (Å²) >= 11 is 0. The third-order valence-electron chi connectivity index (χ3n) is 3.29. The molecule has 0 saturated carbocycles. The average Bonchev–Trinajstić information content (AvgIpc) is 2.38. The van der Waals surface area contributed by atoms with E-state index in [4.69, 9.17) is 4.74 Å². The van der Waals surface area contributed by atoms with E-state index in [1.54, 1.807) is 0 Å². The number of rotatable bonds is 6. The minimum absolute atomic E-state index is 0.0850. The van der Waals surface area contributed by atoms with Gasteiger partial charge in [0.25, 0.3) is 0 Å². The Morgan fingerprint density at radius 2 is 1.89 bits per heavy atom. The molecule has 0 amide bonds. The van der Waals surface area contributed by atoms with Crippen LogP contribution in [0.4, 0.5) is 0 Å². The summed E-state index contributed by atoms with van der Waals surface area (Å²) in [6.45, 7) is 4.80. The van der Waals surface area contributed by atoms with E-state index in [0.29, 0.717) is 6.04 Å². The fraction of sp³-hybridized carbons (Fsp3) is 0.533. The van der Waals surface area contributed by atoms with Crippen LogP contribution in [-0.4, -0.2) is 37.6 Å². The minimum Gasteiger partial charge on any atom is -0.469 e. The normalized spacial score (nSPS) is 14.3. The molecule has 0 radical (unpaired) electrons. The lowest BCUT2D eigenvalue weighted by atomic mass is 10.0. The molecule has 0 fully saturated rings. The van der Waals surface area contributed by atoms with Crippen molar-refractivity contribution in [2.45, 2.75) is 26.3 Å². The van der Waals surface area contributed by atoms with Gasteiger partial charge in [-0.1, -0.05) is 37.3 Å². The van der Waals surface area contributed by atoms with Crippen molar-refractivity contribution < 1.29 is 9.53 Å². The second-order valence-electron chi connectivity index (χ2n) is 4.90. The summed E-state index contributed by atoms with van der Waals surface area (Å²) in [5, 5.41) is 0. The summed E-state index contributed by atoms with van der Waals surface area (Å²) in [7, 11) is 3.49. The maximum Gasteiger partial charge on any atom is 0.309 e. The van der Waals surface area contributed by atoms with Gasteiger partial charge >= 0.3 is 5.97 Å². The van der Waals surface area contributed by atoms with Gasteiger partial charge in [-0.05, 0) is 26.0 Å². The topological polar surface area (TPSA) is 29.5 Å². The smallest absolute Gasteiger partial charge is 0.309 e. The molecule has 100 valence electrons. The molecular formula is C15H23NO2. The monoisotopic (exact) mass is 249 g/mol. The highest BCUT2D eigenvalue weighted by molar-refractivity contribution is 5.72. The van der Waals surface area contributed by atoms with Crippen molar-refractivity contribution in [1.82, 2.24) is 4.90 Å². The lowest BCUT2D eigenvalue weighted by Gasteiger charge is -2.26. The summed E-state index contributed by atoms with van der Waals surface area (Å²) < 4.78 is 4.75. The molecule has 1 aromatic rings. The number of likely N-dealkylation sites (N-methyl/N-ethyl adjacent to an activating group) is 1. The van der Waals surface area contributed by atoms with Crippen molar-refractivity contribution in [1.29, 1.82) is 0 Å². The molecular weight excluding hydrogens is 226 g/mol. The lowest BCUT2D eigenvalue weighted by Crippen LogP contribution is -2.36. The van der Waals surface area contributed by atoms with Crippen LogP contribution in [0, 0.1) is 5.92 Å². The standard InChI is InChI=1S/C15H23NO2/c1-12(15(17)18-4)11-16(3)13(2)10-14-8-6-5-7-9-14/h5-9,12-13H,10-11H2,1-4H3/t12-,13-/m1/s1. The number of nitrogens with zero attached hydrogens (tertiary/aromatic N) is 1. The van der Waals surface area contributed by atoms with Crippen molar-refractivity contribution in [2.75, 3.05) is 20.7 Å². The third-order valence-corrected chi connectivity index (χ3v) is 3.29. The Kier molecular flexibility index (Phi) is 5.86. The van der Waals surface area contributed by atoms with Gasteiger partial charge in [0.2, 0.25) is 0 Å². The van der Waals surface area contributed by atoms with E-state index in [9.17, 15) is 4.79 Å². The number of hydrogen-bond acceptors (Lipinski definition) is 3. The van der Waals surface area contributed by atoms with Crippen LogP contribution in [0.15, 0.2) is 30.3 Å². The van der Waals surface area contributed by atoms with Crippen LogP contribution in [0.1, 0.15) is 19.4 Å². The number of methoxy groups -OCH3 is 1. The first-order chi connectivity index (χ1) is 8.54. The zero-order valence-corrected chi connectivity index (χ0v) is 11.7. The van der Waals surface area contributed by atoms with E-state index in [-0.39, 0.29) is 11.9 Å². The van der Waals surface area contributed by atoms with Crippen LogP contribution in [0.3, 0.4) is 0 Å². The zero-order chi connectivity index (χ0) is 13.5. The first-order valence-electron chi connectivity index (χ1n) is 6.36. The van der Waals surface area contributed by atoms with Gasteiger partial charge in [-0.25, -0.2) is 0 Å². The molecule has 3 heteroatoms. The molecule has 0 spiro atoms. The third kappa shape index (κ3) is 4.49. The van der Waals surface area contributed by atoms with E-state index >= 15 is 0 Å². The second-order valence-corrected chi connectivity index (χ2v) is 4.90. The first kappa shape index (κ1) is 14.7. The molecule has 0 aliphatic carbocycles. The van der Waals surface area contributed by atoms with Crippen molar-refractivity contribution in [2.24, 2.45) is 5.92 Å². The van der Waals surface area contributed by atoms with Gasteiger partial charge in [0.15, 0.2) is 0 Å². The Bertz CT molecular complexity index is 364. The number of ether oxygens (including phenoxy) is 1. The maximum atomic E-state index is 11.4.